The van der Waals surface area contributed by atoms with Crippen molar-refractivity contribution in [2.24, 2.45) is 5.92 Å². The van der Waals surface area contributed by atoms with Crippen molar-refractivity contribution < 1.29 is 24.5 Å². The molecule has 0 radical (unpaired) electrons. The van der Waals surface area contributed by atoms with Gasteiger partial charge in [0.25, 0.3) is 0 Å². The third kappa shape index (κ3) is 6.55. The maximum atomic E-state index is 13.1. The van der Waals surface area contributed by atoms with E-state index in [9.17, 15) is 15.0 Å². The lowest BCUT2D eigenvalue weighted by atomic mass is 9.78. The summed E-state index contributed by atoms with van der Waals surface area (Å²) in [5, 5.41) is 28.9. The first-order valence-electron chi connectivity index (χ1n) is 16.3. The molecule has 4 heterocycles. The number of methoxy groups -OCH3 is 1. The molecule has 1 amide bonds. The molecule has 10 heteroatoms. The number of carbonyl (C=O) groups is 1. The number of para-hydroxylation sites is 1. The Morgan fingerprint density at radius 3 is 2.61 bits per heavy atom. The van der Waals surface area contributed by atoms with Gasteiger partial charge in [0.05, 0.1) is 13.2 Å². The standard InChI is InChI=1S/C34H49N5O5/c1-22-16-23(2)32(43-3)25(17-22)18-30-28(20-39(30)27-8-12-35-19-27)31(40)21-44-34(42)37-13-10-26(11-14-37)38-15-9-24-6-4-5-7-29(24)36-33(38)41/h4-7,16-17,26-28,30-31,33,35-36,40-41H,8-15,18-21H2,1-3H3. The molecule has 0 aromatic heterocycles. The van der Waals surface area contributed by atoms with Crippen LogP contribution in [0, 0.1) is 19.8 Å². The average Bonchev–Trinajstić information content (AvgIpc) is 3.47. The summed E-state index contributed by atoms with van der Waals surface area (Å²) in [6, 6.07) is 13.2. The zero-order valence-electron chi connectivity index (χ0n) is 26.4. The molecule has 2 aromatic rings. The summed E-state index contributed by atoms with van der Waals surface area (Å²) in [7, 11) is 1.72. The lowest BCUT2D eigenvalue weighted by Gasteiger charge is -2.53. The second-order valence-corrected chi connectivity index (χ2v) is 13.1. The lowest BCUT2D eigenvalue weighted by Crippen LogP contribution is -2.65. The van der Waals surface area contributed by atoms with E-state index >= 15 is 0 Å². The monoisotopic (exact) mass is 607 g/mol. The van der Waals surface area contributed by atoms with Gasteiger partial charge in [0.1, 0.15) is 12.4 Å². The normalized spacial score (nSPS) is 27.2. The molecule has 4 aliphatic rings. The maximum absolute atomic E-state index is 13.1. The Morgan fingerprint density at radius 2 is 1.86 bits per heavy atom. The molecular weight excluding hydrogens is 558 g/mol. The van der Waals surface area contributed by atoms with E-state index in [0.717, 1.165) is 80.8 Å². The van der Waals surface area contributed by atoms with Gasteiger partial charge in [0, 0.05) is 62.5 Å². The largest absolute Gasteiger partial charge is 0.496 e. The minimum atomic E-state index is -0.754. The molecule has 0 saturated carbocycles. The number of likely N-dealkylation sites (tertiary alicyclic amines) is 2. The fourth-order valence-corrected chi connectivity index (χ4v) is 7.92. The molecule has 6 rings (SSSR count). The van der Waals surface area contributed by atoms with Crippen molar-refractivity contribution in [3.8, 4) is 5.75 Å². The van der Waals surface area contributed by atoms with E-state index in [2.05, 4.69) is 52.5 Å². The summed E-state index contributed by atoms with van der Waals surface area (Å²) in [5.74, 6) is 0.934. The van der Waals surface area contributed by atoms with Gasteiger partial charge in [-0.2, -0.15) is 0 Å². The molecule has 5 atom stereocenters. The van der Waals surface area contributed by atoms with Gasteiger partial charge in [0.15, 0.2) is 6.35 Å². The fraction of sp³-hybridized carbons (Fsp3) is 0.618. The van der Waals surface area contributed by atoms with Crippen molar-refractivity contribution in [1.82, 2.24) is 20.0 Å². The summed E-state index contributed by atoms with van der Waals surface area (Å²) in [5.41, 5.74) is 5.67. The Bertz CT molecular complexity index is 1290. The third-order valence-corrected chi connectivity index (χ3v) is 10.3. The number of amides is 1. The van der Waals surface area contributed by atoms with E-state index < -0.39 is 12.5 Å². The maximum Gasteiger partial charge on any atom is 0.409 e. The molecule has 5 unspecified atom stereocenters. The lowest BCUT2D eigenvalue weighted by molar-refractivity contribution is -0.0956. The van der Waals surface area contributed by atoms with Gasteiger partial charge in [-0.05, 0) is 75.3 Å². The van der Waals surface area contributed by atoms with E-state index in [0.29, 0.717) is 19.1 Å². The number of aryl methyl sites for hydroxylation is 2. The van der Waals surface area contributed by atoms with Crippen molar-refractivity contribution in [3.63, 3.8) is 0 Å². The predicted molar refractivity (Wildman–Crippen MR) is 170 cm³/mol. The molecular formula is C34H49N5O5. The van der Waals surface area contributed by atoms with Gasteiger partial charge >= 0.3 is 6.09 Å². The van der Waals surface area contributed by atoms with Crippen LogP contribution in [0.15, 0.2) is 36.4 Å². The van der Waals surface area contributed by atoms with Crippen LogP contribution < -0.4 is 15.4 Å². The van der Waals surface area contributed by atoms with Crippen LogP contribution in [0.25, 0.3) is 0 Å². The number of fused-ring (bicyclic) bond motifs is 1. The number of aliphatic hydroxyl groups excluding tert-OH is 2. The van der Waals surface area contributed by atoms with Crippen LogP contribution in [0.4, 0.5) is 10.5 Å². The molecule has 4 aliphatic heterocycles. The Balaban J connectivity index is 1.02. The molecule has 44 heavy (non-hydrogen) atoms. The Hall–Kier alpha value is -2.89. The number of nitrogens with zero attached hydrogens (tertiary/aromatic N) is 3. The van der Waals surface area contributed by atoms with Crippen LogP contribution in [0.1, 0.15) is 41.5 Å². The number of anilines is 1. The summed E-state index contributed by atoms with van der Waals surface area (Å²) in [6.07, 6.45) is 2.43. The summed E-state index contributed by atoms with van der Waals surface area (Å²) < 4.78 is 11.5. The highest BCUT2D eigenvalue weighted by atomic mass is 16.6. The predicted octanol–water partition coefficient (Wildman–Crippen LogP) is 2.72. The minimum absolute atomic E-state index is 0.00627. The molecule has 0 spiro atoms. The molecule has 240 valence electrons. The summed E-state index contributed by atoms with van der Waals surface area (Å²) in [4.78, 5) is 19.4. The number of ether oxygens (including phenoxy) is 2. The summed E-state index contributed by atoms with van der Waals surface area (Å²) in [6.45, 7) is 8.85. The van der Waals surface area contributed by atoms with E-state index in [1.807, 2.05) is 18.2 Å². The smallest absolute Gasteiger partial charge is 0.409 e. The number of carbonyl (C=O) groups excluding carboxylic acids is 1. The van der Waals surface area contributed by atoms with Gasteiger partial charge in [-0.15, -0.1) is 0 Å². The Morgan fingerprint density at radius 1 is 1.07 bits per heavy atom. The number of rotatable bonds is 8. The third-order valence-electron chi connectivity index (χ3n) is 10.3. The number of nitrogens with one attached hydrogen (secondary N) is 2. The Labute approximate surface area is 261 Å². The molecule has 2 aromatic carbocycles. The van der Waals surface area contributed by atoms with Crippen molar-refractivity contribution in [3.05, 3.63) is 58.7 Å². The van der Waals surface area contributed by atoms with Gasteiger partial charge in [0.2, 0.25) is 0 Å². The first-order chi connectivity index (χ1) is 21.3. The Kier molecular flexibility index (Phi) is 9.63. The quantitative estimate of drug-likeness (QED) is 0.360. The van der Waals surface area contributed by atoms with Gasteiger partial charge in [-0.25, -0.2) is 4.79 Å². The van der Waals surface area contributed by atoms with Gasteiger partial charge in [-0.3, -0.25) is 9.80 Å². The second-order valence-electron chi connectivity index (χ2n) is 13.1. The molecule has 3 fully saturated rings. The van der Waals surface area contributed by atoms with Crippen molar-refractivity contribution in [2.45, 2.75) is 76.5 Å². The van der Waals surface area contributed by atoms with Crippen LogP contribution in [0.5, 0.6) is 5.75 Å². The number of aliphatic hydroxyl groups is 2. The van der Waals surface area contributed by atoms with Crippen molar-refractivity contribution >= 4 is 11.8 Å². The van der Waals surface area contributed by atoms with E-state index in [-0.39, 0.29) is 30.7 Å². The highest BCUT2D eigenvalue weighted by Gasteiger charge is 2.47. The average molecular weight is 608 g/mol. The van der Waals surface area contributed by atoms with E-state index in [1.54, 1.807) is 12.0 Å². The first-order valence-corrected chi connectivity index (χ1v) is 16.3. The van der Waals surface area contributed by atoms with Crippen LogP contribution in [-0.2, 0) is 17.6 Å². The van der Waals surface area contributed by atoms with Crippen molar-refractivity contribution in [1.29, 1.82) is 0 Å². The van der Waals surface area contributed by atoms with Gasteiger partial charge in [-0.1, -0.05) is 35.9 Å². The number of benzene rings is 2. The number of hydrogen-bond acceptors (Lipinski definition) is 9. The van der Waals surface area contributed by atoms with Crippen LogP contribution in [0.2, 0.25) is 0 Å². The van der Waals surface area contributed by atoms with Crippen LogP contribution in [0.3, 0.4) is 0 Å². The van der Waals surface area contributed by atoms with Crippen molar-refractivity contribution in [2.75, 3.05) is 58.3 Å². The zero-order valence-corrected chi connectivity index (χ0v) is 26.4. The topological polar surface area (TPSA) is 110 Å². The minimum Gasteiger partial charge on any atom is -0.496 e. The number of piperidine rings is 1. The first kappa shape index (κ1) is 31.1. The van der Waals surface area contributed by atoms with Gasteiger partial charge < -0.3 is 35.2 Å². The molecule has 0 aliphatic carbocycles. The highest BCUT2D eigenvalue weighted by molar-refractivity contribution is 5.67. The zero-order chi connectivity index (χ0) is 30.8. The van der Waals surface area contributed by atoms with E-state index in [4.69, 9.17) is 9.47 Å². The van der Waals surface area contributed by atoms with E-state index in [1.165, 1.54) is 11.1 Å². The molecule has 4 N–H and O–H groups in total. The number of hydrogen-bond donors (Lipinski definition) is 4. The fourth-order valence-electron chi connectivity index (χ4n) is 7.92. The second kappa shape index (κ2) is 13.6. The molecule has 10 nitrogen and oxygen atoms in total. The highest BCUT2D eigenvalue weighted by Crippen LogP contribution is 2.37. The SMILES string of the molecule is COc1c(C)cc(C)cc1CC1C(C(O)COC(=O)N2CCC(N3CCc4ccccc4NC3O)CC2)CN1C1CCNC1. The molecule has 3 saturated heterocycles. The van der Waals surface area contributed by atoms with Crippen LogP contribution in [-0.4, -0.2) is 115 Å². The molecule has 0 bridgehead atoms. The van der Waals surface area contributed by atoms with Crippen LogP contribution >= 0.6 is 0 Å². The summed E-state index contributed by atoms with van der Waals surface area (Å²) >= 11 is 0.